The molecular weight excluding hydrogens is 374 g/mol. The van der Waals surface area contributed by atoms with E-state index in [-0.39, 0.29) is 5.41 Å². The smallest absolute Gasteiger partial charge is 0.122 e. The number of benzene rings is 3. The van der Waals surface area contributed by atoms with E-state index in [0.29, 0.717) is 19.8 Å². The van der Waals surface area contributed by atoms with Crippen LogP contribution in [0.5, 0.6) is 17.2 Å². The van der Waals surface area contributed by atoms with Crippen LogP contribution in [0, 0.1) is 0 Å². The van der Waals surface area contributed by atoms with Crippen LogP contribution in [0.1, 0.15) is 26.3 Å². The number of nitrogens with one attached hydrogen (secondary N) is 1. The maximum Gasteiger partial charge on any atom is 0.122 e. The molecule has 1 N–H and O–H groups in total. The Hall–Kier alpha value is -3.14. The van der Waals surface area contributed by atoms with Crippen molar-refractivity contribution in [3.63, 3.8) is 0 Å². The maximum absolute atomic E-state index is 5.82. The van der Waals surface area contributed by atoms with Crippen molar-refractivity contribution < 1.29 is 14.2 Å². The van der Waals surface area contributed by atoms with Crippen LogP contribution in [0.15, 0.2) is 78.9 Å². The minimum absolute atomic E-state index is 0.158. The Labute approximate surface area is 179 Å². The van der Waals surface area contributed by atoms with Gasteiger partial charge in [0.2, 0.25) is 0 Å². The van der Waals surface area contributed by atoms with E-state index in [1.165, 1.54) is 5.56 Å². The van der Waals surface area contributed by atoms with Gasteiger partial charge < -0.3 is 19.5 Å². The average molecular weight is 406 g/mol. The summed E-state index contributed by atoms with van der Waals surface area (Å²) in [6.45, 7) is 8.97. The predicted octanol–water partition coefficient (Wildman–Crippen LogP) is 5.93. The van der Waals surface area contributed by atoms with Crippen LogP contribution in [-0.4, -0.2) is 26.4 Å². The third kappa shape index (κ3) is 7.03. The maximum atomic E-state index is 5.82. The van der Waals surface area contributed by atoms with Crippen molar-refractivity contribution in [3.8, 4) is 17.2 Å². The molecule has 3 aromatic rings. The first-order valence-electron chi connectivity index (χ1n) is 10.4. The molecule has 0 aromatic heterocycles. The molecule has 0 bridgehead atoms. The van der Waals surface area contributed by atoms with Crippen LogP contribution in [0.3, 0.4) is 0 Å². The zero-order chi connectivity index (χ0) is 21.2. The molecule has 30 heavy (non-hydrogen) atoms. The Kier molecular flexibility index (Phi) is 7.61. The van der Waals surface area contributed by atoms with E-state index in [4.69, 9.17) is 14.2 Å². The van der Waals surface area contributed by atoms with E-state index in [2.05, 4.69) is 38.2 Å². The molecule has 0 amide bonds. The van der Waals surface area contributed by atoms with Crippen molar-refractivity contribution >= 4 is 5.69 Å². The van der Waals surface area contributed by atoms with Gasteiger partial charge in [-0.25, -0.2) is 0 Å². The van der Waals surface area contributed by atoms with Gasteiger partial charge in [0.15, 0.2) is 0 Å². The highest BCUT2D eigenvalue weighted by atomic mass is 16.5. The second kappa shape index (κ2) is 10.6. The average Bonchev–Trinajstić information content (AvgIpc) is 2.76. The van der Waals surface area contributed by atoms with Gasteiger partial charge in [-0.15, -0.1) is 0 Å². The van der Waals surface area contributed by atoms with E-state index in [0.717, 1.165) is 29.5 Å². The van der Waals surface area contributed by atoms with Crippen molar-refractivity contribution in [3.05, 3.63) is 84.4 Å². The Balaban J connectivity index is 1.32. The lowest BCUT2D eigenvalue weighted by Crippen LogP contribution is -2.12. The fourth-order valence-electron chi connectivity index (χ4n) is 2.92. The second-order valence-electron chi connectivity index (χ2n) is 8.08. The summed E-state index contributed by atoms with van der Waals surface area (Å²) >= 11 is 0. The Morgan fingerprint density at radius 2 is 1.10 bits per heavy atom. The number of para-hydroxylation sites is 1. The van der Waals surface area contributed by atoms with Crippen LogP contribution in [0.2, 0.25) is 0 Å². The zero-order valence-corrected chi connectivity index (χ0v) is 18.1. The first kappa shape index (κ1) is 21.6. The topological polar surface area (TPSA) is 39.7 Å². The molecule has 4 nitrogen and oxygen atoms in total. The standard InChI is InChI=1S/C26H31NO3/c1-26(2,3)21-9-13-24(14-10-21)28-18-17-27-22-11-15-25(16-12-22)30-20-19-29-23-7-5-4-6-8-23/h4-16,27H,17-20H2,1-3H3. The van der Waals surface area contributed by atoms with Crippen LogP contribution >= 0.6 is 0 Å². The van der Waals surface area contributed by atoms with E-state index >= 15 is 0 Å². The van der Waals surface area contributed by atoms with Crippen molar-refractivity contribution in [2.24, 2.45) is 0 Å². The largest absolute Gasteiger partial charge is 0.492 e. The summed E-state index contributed by atoms with van der Waals surface area (Å²) < 4.78 is 17.2. The summed E-state index contributed by atoms with van der Waals surface area (Å²) in [6.07, 6.45) is 0. The molecule has 0 unspecified atom stereocenters. The number of anilines is 1. The van der Waals surface area contributed by atoms with Gasteiger partial charge in [0.25, 0.3) is 0 Å². The minimum atomic E-state index is 0.158. The quantitative estimate of drug-likeness (QED) is 0.424. The van der Waals surface area contributed by atoms with Gasteiger partial charge in [0.1, 0.15) is 37.1 Å². The summed E-state index contributed by atoms with van der Waals surface area (Å²) in [7, 11) is 0. The second-order valence-corrected chi connectivity index (χ2v) is 8.08. The Morgan fingerprint density at radius 1 is 0.600 bits per heavy atom. The number of hydrogen-bond acceptors (Lipinski definition) is 4. The van der Waals surface area contributed by atoms with Crippen molar-refractivity contribution in [1.29, 1.82) is 0 Å². The highest BCUT2D eigenvalue weighted by molar-refractivity contribution is 5.46. The monoisotopic (exact) mass is 405 g/mol. The van der Waals surface area contributed by atoms with E-state index in [1.807, 2.05) is 66.7 Å². The lowest BCUT2D eigenvalue weighted by molar-refractivity contribution is 0.217. The summed E-state index contributed by atoms with van der Waals surface area (Å²) in [4.78, 5) is 0. The molecule has 3 aromatic carbocycles. The number of rotatable bonds is 10. The summed E-state index contributed by atoms with van der Waals surface area (Å²) in [5.74, 6) is 2.58. The minimum Gasteiger partial charge on any atom is -0.492 e. The van der Waals surface area contributed by atoms with Gasteiger partial charge in [-0.3, -0.25) is 0 Å². The van der Waals surface area contributed by atoms with E-state index in [9.17, 15) is 0 Å². The fraction of sp³-hybridized carbons (Fsp3) is 0.308. The summed E-state index contributed by atoms with van der Waals surface area (Å²) in [5, 5.41) is 3.36. The number of ether oxygens (including phenoxy) is 3. The van der Waals surface area contributed by atoms with Crippen molar-refractivity contribution in [2.75, 3.05) is 31.7 Å². The first-order chi connectivity index (χ1) is 14.5. The lowest BCUT2D eigenvalue weighted by atomic mass is 9.87. The highest BCUT2D eigenvalue weighted by Gasteiger charge is 2.12. The highest BCUT2D eigenvalue weighted by Crippen LogP contribution is 2.24. The molecule has 0 spiro atoms. The Bertz CT molecular complexity index is 869. The van der Waals surface area contributed by atoms with Crippen molar-refractivity contribution in [1.82, 2.24) is 0 Å². The van der Waals surface area contributed by atoms with Gasteiger partial charge in [0, 0.05) is 12.2 Å². The van der Waals surface area contributed by atoms with E-state index < -0.39 is 0 Å². The van der Waals surface area contributed by atoms with Gasteiger partial charge in [0.05, 0.1) is 0 Å². The predicted molar refractivity (Wildman–Crippen MR) is 123 cm³/mol. The molecule has 0 saturated carbocycles. The third-order valence-electron chi connectivity index (χ3n) is 4.64. The molecule has 4 heteroatoms. The molecule has 0 aliphatic heterocycles. The molecule has 0 saturated heterocycles. The molecule has 0 aliphatic rings. The van der Waals surface area contributed by atoms with E-state index in [1.54, 1.807) is 0 Å². The fourth-order valence-corrected chi connectivity index (χ4v) is 2.92. The third-order valence-corrected chi connectivity index (χ3v) is 4.64. The molecule has 3 rings (SSSR count). The number of hydrogen-bond donors (Lipinski definition) is 1. The van der Waals surface area contributed by atoms with Gasteiger partial charge in [-0.1, -0.05) is 51.1 Å². The van der Waals surface area contributed by atoms with Crippen LogP contribution in [0.4, 0.5) is 5.69 Å². The van der Waals surface area contributed by atoms with Gasteiger partial charge in [-0.2, -0.15) is 0 Å². The van der Waals surface area contributed by atoms with Crippen LogP contribution in [0.25, 0.3) is 0 Å². The molecule has 0 atom stereocenters. The lowest BCUT2D eigenvalue weighted by Gasteiger charge is -2.19. The van der Waals surface area contributed by atoms with Gasteiger partial charge in [-0.05, 0) is 59.5 Å². The van der Waals surface area contributed by atoms with Crippen LogP contribution < -0.4 is 19.5 Å². The SMILES string of the molecule is CC(C)(C)c1ccc(OCCNc2ccc(OCCOc3ccccc3)cc2)cc1. The van der Waals surface area contributed by atoms with Gasteiger partial charge >= 0.3 is 0 Å². The van der Waals surface area contributed by atoms with Crippen LogP contribution in [-0.2, 0) is 5.41 Å². The molecule has 0 radical (unpaired) electrons. The molecule has 0 aliphatic carbocycles. The summed E-state index contributed by atoms with van der Waals surface area (Å²) in [6, 6.07) is 26.0. The van der Waals surface area contributed by atoms with Crippen molar-refractivity contribution in [2.45, 2.75) is 26.2 Å². The molecule has 0 fully saturated rings. The molecule has 158 valence electrons. The normalized spacial score (nSPS) is 11.0. The molecular formula is C26H31NO3. The molecule has 0 heterocycles. The zero-order valence-electron chi connectivity index (χ0n) is 18.1. The first-order valence-corrected chi connectivity index (χ1v) is 10.4. The Morgan fingerprint density at radius 3 is 1.67 bits per heavy atom. The summed E-state index contributed by atoms with van der Waals surface area (Å²) in [5.41, 5.74) is 2.50.